The van der Waals surface area contributed by atoms with Gasteiger partial charge in [0.05, 0.1) is 6.10 Å². The summed E-state index contributed by atoms with van der Waals surface area (Å²) in [4.78, 5) is 0. The lowest BCUT2D eigenvalue weighted by atomic mass is 9.97. The maximum absolute atomic E-state index is 10.3. The fourth-order valence-electron chi connectivity index (χ4n) is 2.64. The number of rotatable bonds is 6. The average Bonchev–Trinajstić information content (AvgIpc) is 3.22. The first-order valence-corrected chi connectivity index (χ1v) is 7.23. The summed E-state index contributed by atoms with van der Waals surface area (Å²) in [5.41, 5.74) is 1.74. The smallest absolute Gasteiger partial charge is 0.124 e. The first-order valence-electron chi connectivity index (χ1n) is 7.23. The summed E-state index contributed by atoms with van der Waals surface area (Å²) in [5.74, 6) is 1.89. The fourth-order valence-corrected chi connectivity index (χ4v) is 2.64. The highest BCUT2D eigenvalue weighted by molar-refractivity contribution is 5.41. The van der Waals surface area contributed by atoms with E-state index in [2.05, 4.69) is 0 Å². The number of hydrogen-bond acceptors (Lipinski definition) is 2. The Morgan fingerprint density at radius 2 is 1.83 bits per heavy atom. The lowest BCUT2D eigenvalue weighted by molar-refractivity contribution is 0.156. The van der Waals surface area contributed by atoms with Gasteiger partial charge in [0.15, 0.2) is 0 Å². The van der Waals surface area contributed by atoms with E-state index in [4.69, 9.17) is 0 Å². The van der Waals surface area contributed by atoms with Gasteiger partial charge in [-0.05, 0) is 36.7 Å². The second kappa shape index (κ2) is 4.93. The van der Waals surface area contributed by atoms with Crippen molar-refractivity contribution < 1.29 is 10.2 Å². The molecule has 0 bridgehead atoms. The number of phenolic OH excluding ortho intramolecular Hbond substituents is 1. The summed E-state index contributed by atoms with van der Waals surface area (Å²) in [6.07, 6.45) is 7.61. The molecule has 2 nitrogen and oxygen atoms in total. The van der Waals surface area contributed by atoms with Crippen LogP contribution in [-0.4, -0.2) is 10.2 Å². The molecule has 2 aliphatic rings. The fraction of sp³-hybridized carbons (Fsp3) is 0.625. The summed E-state index contributed by atoms with van der Waals surface area (Å²) in [6, 6.07) is 5.82. The van der Waals surface area contributed by atoms with Crippen molar-refractivity contribution in [3.05, 3.63) is 29.3 Å². The zero-order valence-corrected chi connectivity index (χ0v) is 10.8. The molecular weight excluding hydrogens is 224 g/mol. The van der Waals surface area contributed by atoms with Crippen LogP contribution in [0.4, 0.5) is 0 Å². The van der Waals surface area contributed by atoms with Gasteiger partial charge in [-0.25, -0.2) is 0 Å². The normalized spacial score (nSPS) is 20.9. The van der Waals surface area contributed by atoms with Crippen LogP contribution >= 0.6 is 0 Å². The second-order valence-corrected chi connectivity index (χ2v) is 6.03. The highest BCUT2D eigenvalue weighted by Gasteiger charge is 2.27. The number of aromatic hydroxyl groups is 1. The van der Waals surface area contributed by atoms with Gasteiger partial charge in [-0.2, -0.15) is 0 Å². The minimum absolute atomic E-state index is 0.339. The number of aliphatic hydroxyl groups excluding tert-OH is 1. The third-order valence-corrected chi connectivity index (χ3v) is 4.28. The number of hydrogen-bond donors (Lipinski definition) is 2. The molecule has 2 aliphatic carbocycles. The Balaban J connectivity index is 1.69. The molecule has 1 aromatic carbocycles. The molecule has 0 amide bonds. The first kappa shape index (κ1) is 12.0. The lowest BCUT2D eigenvalue weighted by Crippen LogP contribution is -2.01. The largest absolute Gasteiger partial charge is 0.507 e. The molecule has 0 aliphatic heterocycles. The molecule has 0 radical (unpaired) electrons. The summed E-state index contributed by atoms with van der Waals surface area (Å²) < 4.78 is 0. The van der Waals surface area contributed by atoms with E-state index in [1.165, 1.54) is 32.1 Å². The molecule has 1 aromatic rings. The van der Waals surface area contributed by atoms with Crippen LogP contribution in [0.5, 0.6) is 5.75 Å². The molecule has 18 heavy (non-hydrogen) atoms. The van der Waals surface area contributed by atoms with Crippen molar-refractivity contribution in [1.29, 1.82) is 0 Å². The molecule has 0 saturated heterocycles. The van der Waals surface area contributed by atoms with E-state index in [0.29, 0.717) is 11.7 Å². The minimum Gasteiger partial charge on any atom is -0.507 e. The monoisotopic (exact) mass is 246 g/mol. The molecule has 2 N–H and O–H groups in total. The van der Waals surface area contributed by atoms with Gasteiger partial charge in [-0.1, -0.05) is 43.9 Å². The van der Waals surface area contributed by atoms with Gasteiger partial charge >= 0.3 is 0 Å². The van der Waals surface area contributed by atoms with Crippen molar-refractivity contribution >= 4 is 0 Å². The molecule has 98 valence electrons. The maximum Gasteiger partial charge on any atom is 0.124 e. The van der Waals surface area contributed by atoms with E-state index >= 15 is 0 Å². The van der Waals surface area contributed by atoms with E-state index < -0.39 is 6.10 Å². The Bertz CT molecular complexity index is 419. The molecule has 3 rings (SSSR count). The molecule has 0 heterocycles. The molecule has 2 fully saturated rings. The Morgan fingerprint density at radius 3 is 2.50 bits per heavy atom. The number of aryl methyl sites for hydroxylation is 1. The van der Waals surface area contributed by atoms with Gasteiger partial charge in [-0.3, -0.25) is 0 Å². The van der Waals surface area contributed by atoms with Crippen molar-refractivity contribution in [3.63, 3.8) is 0 Å². The SMILES string of the molecule is Oc1c(CCC2CC2)cccc1C(O)CC1CC1. The highest BCUT2D eigenvalue weighted by atomic mass is 16.3. The molecule has 2 saturated carbocycles. The summed E-state index contributed by atoms with van der Waals surface area (Å²) in [7, 11) is 0. The van der Waals surface area contributed by atoms with Crippen LogP contribution < -0.4 is 0 Å². The predicted octanol–water partition coefficient (Wildman–Crippen LogP) is 3.57. The summed E-state index contributed by atoms with van der Waals surface area (Å²) >= 11 is 0. The Kier molecular flexibility index (Phi) is 3.29. The third-order valence-electron chi connectivity index (χ3n) is 4.28. The molecule has 1 atom stereocenters. The van der Waals surface area contributed by atoms with E-state index in [1.54, 1.807) is 0 Å². The maximum atomic E-state index is 10.3. The molecule has 2 heteroatoms. The molecule has 0 aromatic heterocycles. The van der Waals surface area contributed by atoms with Crippen molar-refractivity contribution in [3.8, 4) is 5.75 Å². The standard InChI is InChI=1S/C16H22O2/c17-15(10-12-6-7-12)14-3-1-2-13(16(14)18)9-8-11-4-5-11/h1-3,11-12,15,17-18H,4-10H2. The summed E-state index contributed by atoms with van der Waals surface area (Å²) in [6.45, 7) is 0. The zero-order chi connectivity index (χ0) is 12.5. The Labute approximate surface area is 109 Å². The van der Waals surface area contributed by atoms with Crippen LogP contribution in [0, 0.1) is 11.8 Å². The van der Waals surface area contributed by atoms with Gasteiger partial charge in [-0.15, -0.1) is 0 Å². The molecule has 1 unspecified atom stereocenters. The van der Waals surface area contributed by atoms with Crippen molar-refractivity contribution in [2.45, 2.75) is 51.0 Å². The molecule has 0 spiro atoms. The third kappa shape index (κ3) is 2.86. The lowest BCUT2D eigenvalue weighted by Gasteiger charge is -2.15. The second-order valence-electron chi connectivity index (χ2n) is 6.03. The van der Waals surface area contributed by atoms with E-state index in [1.807, 2.05) is 18.2 Å². The summed E-state index contributed by atoms with van der Waals surface area (Å²) in [5, 5.41) is 20.4. The van der Waals surface area contributed by atoms with E-state index in [0.717, 1.165) is 29.9 Å². The van der Waals surface area contributed by atoms with Gasteiger partial charge in [0, 0.05) is 5.56 Å². The van der Waals surface area contributed by atoms with Crippen LogP contribution in [0.25, 0.3) is 0 Å². The van der Waals surface area contributed by atoms with Crippen molar-refractivity contribution in [1.82, 2.24) is 0 Å². The van der Waals surface area contributed by atoms with Crippen molar-refractivity contribution in [2.75, 3.05) is 0 Å². The van der Waals surface area contributed by atoms with Crippen molar-refractivity contribution in [2.24, 2.45) is 11.8 Å². The highest BCUT2D eigenvalue weighted by Crippen LogP contribution is 2.41. The van der Waals surface area contributed by atoms with Gasteiger partial charge in [0.25, 0.3) is 0 Å². The van der Waals surface area contributed by atoms with Crippen LogP contribution in [0.3, 0.4) is 0 Å². The Morgan fingerprint density at radius 1 is 1.11 bits per heavy atom. The van der Waals surface area contributed by atoms with Crippen LogP contribution in [-0.2, 0) is 6.42 Å². The molecular formula is C16H22O2. The Hall–Kier alpha value is -1.02. The van der Waals surface area contributed by atoms with E-state index in [9.17, 15) is 10.2 Å². The number of aliphatic hydroxyl groups is 1. The van der Waals surface area contributed by atoms with Gasteiger partial charge in [0.2, 0.25) is 0 Å². The first-order chi connectivity index (χ1) is 8.74. The minimum atomic E-state index is -0.488. The average molecular weight is 246 g/mol. The van der Waals surface area contributed by atoms with Gasteiger partial charge < -0.3 is 10.2 Å². The van der Waals surface area contributed by atoms with Crippen LogP contribution in [0.2, 0.25) is 0 Å². The quantitative estimate of drug-likeness (QED) is 0.805. The number of benzene rings is 1. The van der Waals surface area contributed by atoms with E-state index in [-0.39, 0.29) is 0 Å². The topological polar surface area (TPSA) is 40.5 Å². The zero-order valence-electron chi connectivity index (χ0n) is 10.8. The van der Waals surface area contributed by atoms with Crippen LogP contribution in [0.1, 0.15) is 55.8 Å². The number of para-hydroxylation sites is 1. The number of phenols is 1. The van der Waals surface area contributed by atoms with Gasteiger partial charge in [0.1, 0.15) is 5.75 Å². The predicted molar refractivity (Wildman–Crippen MR) is 71.5 cm³/mol. The van der Waals surface area contributed by atoms with Crippen LogP contribution in [0.15, 0.2) is 18.2 Å².